The Hall–Kier alpha value is -0.940. The molecule has 0 aliphatic carbocycles. The summed E-state index contributed by atoms with van der Waals surface area (Å²) in [5.41, 5.74) is 0. The molecule has 0 aromatic carbocycles. The first kappa shape index (κ1) is 10.2. The number of hydrogen-bond donors (Lipinski definition) is 1. The summed E-state index contributed by atoms with van der Waals surface area (Å²) in [7, 11) is 0. The Bertz CT molecular complexity index is 389. The van der Waals surface area contributed by atoms with E-state index >= 15 is 0 Å². The summed E-state index contributed by atoms with van der Waals surface area (Å²) in [6.07, 6.45) is 1.35. The van der Waals surface area contributed by atoms with Crippen molar-refractivity contribution in [2.45, 2.75) is 44.9 Å². The molecule has 16 heavy (non-hydrogen) atoms. The lowest BCUT2D eigenvalue weighted by Crippen LogP contribution is -2.33. The lowest BCUT2D eigenvalue weighted by Gasteiger charge is -2.23. The van der Waals surface area contributed by atoms with Crippen LogP contribution in [0, 0.1) is 0 Å². The molecular weight excluding hydrogens is 204 g/mol. The zero-order valence-electron chi connectivity index (χ0n) is 9.81. The molecule has 3 rings (SSSR count). The van der Waals surface area contributed by atoms with E-state index in [0.29, 0.717) is 12.0 Å². The van der Waals surface area contributed by atoms with Gasteiger partial charge in [0.1, 0.15) is 11.6 Å². The van der Waals surface area contributed by atoms with Crippen LogP contribution in [0.25, 0.3) is 0 Å². The van der Waals surface area contributed by atoms with E-state index in [2.05, 4.69) is 33.9 Å². The zero-order chi connectivity index (χ0) is 11.1. The van der Waals surface area contributed by atoms with Crippen molar-refractivity contribution in [3.8, 4) is 0 Å². The van der Waals surface area contributed by atoms with Gasteiger partial charge in [0.25, 0.3) is 0 Å². The predicted molar refractivity (Wildman–Crippen MR) is 59.2 cm³/mol. The SMILES string of the molecule is CC1NCCn2c1nnc2C1CCOC1C. The highest BCUT2D eigenvalue weighted by molar-refractivity contribution is 5.09. The fourth-order valence-corrected chi connectivity index (χ4v) is 2.71. The van der Waals surface area contributed by atoms with Gasteiger partial charge in [-0.2, -0.15) is 0 Å². The fraction of sp³-hybridized carbons (Fsp3) is 0.818. The molecule has 0 radical (unpaired) electrons. The van der Waals surface area contributed by atoms with E-state index in [-0.39, 0.29) is 6.10 Å². The number of aromatic nitrogens is 3. The van der Waals surface area contributed by atoms with Crippen molar-refractivity contribution in [2.24, 2.45) is 0 Å². The van der Waals surface area contributed by atoms with Crippen molar-refractivity contribution in [2.75, 3.05) is 13.2 Å². The molecule has 0 bridgehead atoms. The molecule has 1 N–H and O–H groups in total. The van der Waals surface area contributed by atoms with E-state index in [4.69, 9.17) is 4.74 Å². The van der Waals surface area contributed by atoms with Crippen LogP contribution in [-0.4, -0.2) is 34.0 Å². The van der Waals surface area contributed by atoms with Crippen LogP contribution in [0.4, 0.5) is 0 Å². The molecule has 5 heteroatoms. The fourth-order valence-electron chi connectivity index (χ4n) is 2.71. The highest BCUT2D eigenvalue weighted by Crippen LogP contribution is 2.31. The minimum Gasteiger partial charge on any atom is -0.378 e. The van der Waals surface area contributed by atoms with Gasteiger partial charge >= 0.3 is 0 Å². The van der Waals surface area contributed by atoms with Gasteiger partial charge < -0.3 is 14.6 Å². The van der Waals surface area contributed by atoms with Gasteiger partial charge in [-0.15, -0.1) is 10.2 Å². The van der Waals surface area contributed by atoms with Crippen molar-refractivity contribution >= 4 is 0 Å². The summed E-state index contributed by atoms with van der Waals surface area (Å²) in [6.45, 7) is 7.09. The molecule has 0 spiro atoms. The van der Waals surface area contributed by atoms with Crippen LogP contribution < -0.4 is 5.32 Å². The number of ether oxygens (including phenoxy) is 1. The van der Waals surface area contributed by atoms with Gasteiger partial charge in [0.05, 0.1) is 12.1 Å². The van der Waals surface area contributed by atoms with Crippen molar-refractivity contribution in [3.63, 3.8) is 0 Å². The molecule has 0 saturated carbocycles. The van der Waals surface area contributed by atoms with E-state index in [0.717, 1.165) is 37.8 Å². The Morgan fingerprint density at radius 1 is 1.31 bits per heavy atom. The van der Waals surface area contributed by atoms with Crippen molar-refractivity contribution in [1.29, 1.82) is 0 Å². The van der Waals surface area contributed by atoms with Crippen LogP contribution in [0.5, 0.6) is 0 Å². The molecule has 1 fully saturated rings. The topological polar surface area (TPSA) is 52.0 Å². The second kappa shape index (κ2) is 3.82. The van der Waals surface area contributed by atoms with E-state index in [1.165, 1.54) is 0 Å². The highest BCUT2D eigenvalue weighted by Gasteiger charge is 2.32. The van der Waals surface area contributed by atoms with Crippen molar-refractivity contribution in [1.82, 2.24) is 20.1 Å². The first-order valence-corrected chi connectivity index (χ1v) is 6.05. The Kier molecular flexibility index (Phi) is 2.44. The molecular formula is C11H18N4O. The lowest BCUT2D eigenvalue weighted by atomic mass is 10.0. The van der Waals surface area contributed by atoms with Crippen LogP contribution in [0.2, 0.25) is 0 Å². The largest absolute Gasteiger partial charge is 0.378 e. The first-order chi connectivity index (χ1) is 7.77. The lowest BCUT2D eigenvalue weighted by molar-refractivity contribution is 0.116. The summed E-state index contributed by atoms with van der Waals surface area (Å²) in [6, 6.07) is 0.313. The maximum absolute atomic E-state index is 5.61. The second-order valence-corrected chi connectivity index (χ2v) is 4.71. The van der Waals surface area contributed by atoms with Gasteiger partial charge in [0.15, 0.2) is 0 Å². The minimum atomic E-state index is 0.276. The van der Waals surface area contributed by atoms with Crippen LogP contribution in [0.1, 0.15) is 43.9 Å². The highest BCUT2D eigenvalue weighted by atomic mass is 16.5. The maximum Gasteiger partial charge on any atom is 0.149 e. The van der Waals surface area contributed by atoms with Crippen LogP contribution in [0.3, 0.4) is 0 Å². The quantitative estimate of drug-likeness (QED) is 0.765. The third-order valence-electron chi connectivity index (χ3n) is 3.69. The number of rotatable bonds is 1. The average molecular weight is 222 g/mol. The van der Waals surface area contributed by atoms with Gasteiger partial charge in [-0.1, -0.05) is 0 Å². The Morgan fingerprint density at radius 2 is 2.12 bits per heavy atom. The predicted octanol–water partition coefficient (Wildman–Crippen LogP) is 0.835. The van der Waals surface area contributed by atoms with Crippen LogP contribution in [0.15, 0.2) is 0 Å². The molecule has 2 aliphatic rings. The summed E-state index contributed by atoms with van der Waals surface area (Å²) in [4.78, 5) is 0. The van der Waals surface area contributed by atoms with E-state index in [9.17, 15) is 0 Å². The monoisotopic (exact) mass is 222 g/mol. The van der Waals surface area contributed by atoms with Crippen LogP contribution in [-0.2, 0) is 11.3 Å². The third-order valence-corrected chi connectivity index (χ3v) is 3.69. The Morgan fingerprint density at radius 3 is 2.88 bits per heavy atom. The zero-order valence-corrected chi connectivity index (χ0v) is 9.81. The van der Waals surface area contributed by atoms with Gasteiger partial charge in [-0.25, -0.2) is 0 Å². The van der Waals surface area contributed by atoms with Crippen LogP contribution >= 0.6 is 0 Å². The summed E-state index contributed by atoms with van der Waals surface area (Å²) < 4.78 is 7.89. The van der Waals surface area contributed by atoms with E-state index in [1.54, 1.807) is 0 Å². The van der Waals surface area contributed by atoms with Crippen molar-refractivity contribution in [3.05, 3.63) is 11.6 Å². The number of nitrogens with zero attached hydrogens (tertiary/aromatic N) is 3. The minimum absolute atomic E-state index is 0.276. The summed E-state index contributed by atoms with van der Waals surface area (Å²) in [5, 5.41) is 12.1. The molecule has 1 aromatic heterocycles. The number of nitrogens with one attached hydrogen (secondary N) is 1. The number of hydrogen-bond acceptors (Lipinski definition) is 4. The van der Waals surface area contributed by atoms with Crippen molar-refractivity contribution < 1.29 is 4.74 Å². The summed E-state index contributed by atoms with van der Waals surface area (Å²) in [5.74, 6) is 2.61. The average Bonchev–Trinajstić information content (AvgIpc) is 2.84. The molecule has 5 nitrogen and oxygen atoms in total. The number of fused-ring (bicyclic) bond motifs is 1. The molecule has 3 unspecified atom stereocenters. The maximum atomic E-state index is 5.61. The summed E-state index contributed by atoms with van der Waals surface area (Å²) >= 11 is 0. The second-order valence-electron chi connectivity index (χ2n) is 4.71. The van der Waals surface area contributed by atoms with E-state index in [1.807, 2.05) is 0 Å². The van der Waals surface area contributed by atoms with Gasteiger partial charge in [-0.05, 0) is 20.3 Å². The molecule has 3 atom stereocenters. The van der Waals surface area contributed by atoms with E-state index < -0.39 is 0 Å². The molecule has 1 aromatic rings. The van der Waals surface area contributed by atoms with Gasteiger partial charge in [0, 0.05) is 25.6 Å². The standard InChI is InChI=1S/C11H18N4O/c1-7-10-13-14-11(15(10)5-4-12-7)9-3-6-16-8(9)2/h7-9,12H,3-6H2,1-2H3. The molecule has 2 aliphatic heterocycles. The van der Waals surface area contributed by atoms with Gasteiger partial charge in [0.2, 0.25) is 0 Å². The molecule has 1 saturated heterocycles. The molecule has 3 heterocycles. The Balaban J connectivity index is 1.96. The smallest absolute Gasteiger partial charge is 0.149 e. The Labute approximate surface area is 95.2 Å². The van der Waals surface area contributed by atoms with Gasteiger partial charge in [-0.3, -0.25) is 0 Å². The normalized spacial score (nSPS) is 34.0. The first-order valence-electron chi connectivity index (χ1n) is 6.05. The third kappa shape index (κ3) is 1.46. The molecule has 0 amide bonds. The molecule has 88 valence electrons.